The van der Waals surface area contributed by atoms with Crippen LogP contribution in [0.5, 0.6) is 0 Å². The van der Waals surface area contributed by atoms with Gasteiger partial charge in [-0.15, -0.1) is 11.8 Å². The molecule has 0 aliphatic carbocycles. The summed E-state index contributed by atoms with van der Waals surface area (Å²) >= 11 is 1.62. The quantitative estimate of drug-likeness (QED) is 0.678. The van der Waals surface area contributed by atoms with Crippen molar-refractivity contribution in [2.75, 3.05) is 5.75 Å². The maximum atomic E-state index is 11.5. The van der Waals surface area contributed by atoms with Gasteiger partial charge in [-0.05, 0) is 25.0 Å². The third-order valence-electron chi connectivity index (χ3n) is 2.65. The minimum atomic E-state index is -0.750. The van der Waals surface area contributed by atoms with Crippen molar-refractivity contribution < 1.29 is 14.7 Å². The fraction of sp³-hybridized carbons (Fsp3) is 0.846. The molecule has 1 amide bonds. The van der Waals surface area contributed by atoms with Gasteiger partial charge in [0.15, 0.2) is 0 Å². The number of carbonyl (C=O) groups excluding carboxylic acids is 1. The SMILES string of the molecule is CC(CCCC(C)C(=O)O)NC(=O)CSC(C)C. The largest absolute Gasteiger partial charge is 0.481 e. The molecule has 0 aromatic carbocycles. The topological polar surface area (TPSA) is 66.4 Å². The van der Waals surface area contributed by atoms with Gasteiger partial charge in [0, 0.05) is 6.04 Å². The normalized spacial score (nSPS) is 14.3. The maximum Gasteiger partial charge on any atom is 0.306 e. The van der Waals surface area contributed by atoms with Gasteiger partial charge in [-0.3, -0.25) is 9.59 Å². The van der Waals surface area contributed by atoms with Crippen molar-refractivity contribution in [3.05, 3.63) is 0 Å². The molecule has 0 fully saturated rings. The standard InChI is InChI=1S/C13H25NO3S/c1-9(2)18-8-12(15)14-11(4)7-5-6-10(3)13(16)17/h9-11H,5-8H2,1-4H3,(H,14,15)(H,16,17). The highest BCUT2D eigenvalue weighted by molar-refractivity contribution is 8.00. The first kappa shape index (κ1) is 17.3. The predicted octanol–water partition coefficient (Wildman–Crippen LogP) is 2.52. The maximum absolute atomic E-state index is 11.5. The Hall–Kier alpha value is -0.710. The Bertz CT molecular complexity index is 269. The number of hydrogen-bond acceptors (Lipinski definition) is 3. The van der Waals surface area contributed by atoms with Crippen LogP contribution < -0.4 is 5.32 Å². The third-order valence-corrected chi connectivity index (χ3v) is 3.75. The second-order valence-corrected chi connectivity index (χ2v) is 6.56. The summed E-state index contributed by atoms with van der Waals surface area (Å²) in [5.74, 6) is -0.495. The zero-order chi connectivity index (χ0) is 14.1. The molecular weight excluding hydrogens is 250 g/mol. The van der Waals surface area contributed by atoms with E-state index >= 15 is 0 Å². The lowest BCUT2D eigenvalue weighted by atomic mass is 10.0. The number of thioether (sulfide) groups is 1. The minimum Gasteiger partial charge on any atom is -0.481 e. The summed E-state index contributed by atoms with van der Waals surface area (Å²) in [6, 6.07) is 0.117. The van der Waals surface area contributed by atoms with Crippen molar-refractivity contribution in [2.45, 2.75) is 58.2 Å². The zero-order valence-corrected chi connectivity index (χ0v) is 12.5. The molecule has 4 nitrogen and oxygen atoms in total. The number of aliphatic carboxylic acids is 1. The van der Waals surface area contributed by atoms with Gasteiger partial charge in [0.25, 0.3) is 0 Å². The van der Waals surface area contributed by atoms with Gasteiger partial charge in [0.1, 0.15) is 0 Å². The predicted molar refractivity (Wildman–Crippen MR) is 75.8 cm³/mol. The average molecular weight is 275 g/mol. The van der Waals surface area contributed by atoms with Crippen LogP contribution in [0.25, 0.3) is 0 Å². The molecule has 106 valence electrons. The smallest absolute Gasteiger partial charge is 0.306 e. The van der Waals surface area contributed by atoms with Gasteiger partial charge in [0.2, 0.25) is 5.91 Å². The van der Waals surface area contributed by atoms with E-state index in [4.69, 9.17) is 5.11 Å². The number of carbonyl (C=O) groups is 2. The van der Waals surface area contributed by atoms with Crippen molar-refractivity contribution in [2.24, 2.45) is 5.92 Å². The van der Waals surface area contributed by atoms with Crippen LogP contribution in [-0.2, 0) is 9.59 Å². The zero-order valence-electron chi connectivity index (χ0n) is 11.7. The molecule has 0 radical (unpaired) electrons. The molecular formula is C13H25NO3S. The second kappa shape index (κ2) is 9.25. The Balaban J connectivity index is 3.67. The van der Waals surface area contributed by atoms with Crippen molar-refractivity contribution in [3.8, 4) is 0 Å². The highest BCUT2D eigenvalue weighted by Gasteiger charge is 2.12. The number of nitrogens with one attached hydrogen (secondary N) is 1. The number of hydrogen-bond donors (Lipinski definition) is 2. The number of carboxylic acid groups (broad SMARTS) is 1. The fourth-order valence-corrected chi connectivity index (χ4v) is 2.05. The first-order chi connectivity index (χ1) is 8.32. The Morgan fingerprint density at radius 3 is 2.28 bits per heavy atom. The molecule has 18 heavy (non-hydrogen) atoms. The van der Waals surface area contributed by atoms with Crippen LogP contribution in [0.3, 0.4) is 0 Å². The van der Waals surface area contributed by atoms with Gasteiger partial charge in [0.05, 0.1) is 11.7 Å². The van der Waals surface area contributed by atoms with Crippen molar-refractivity contribution in [1.29, 1.82) is 0 Å². The summed E-state index contributed by atoms with van der Waals surface area (Å²) < 4.78 is 0. The first-order valence-electron chi connectivity index (χ1n) is 6.46. The van der Waals surface area contributed by atoms with Crippen LogP contribution in [0.2, 0.25) is 0 Å². The molecule has 0 aromatic rings. The summed E-state index contributed by atoms with van der Waals surface area (Å²) in [5, 5.41) is 12.1. The molecule has 0 bridgehead atoms. The molecule has 0 rings (SSSR count). The highest BCUT2D eigenvalue weighted by Crippen LogP contribution is 2.11. The third kappa shape index (κ3) is 9.33. The molecule has 2 atom stereocenters. The molecule has 2 N–H and O–H groups in total. The summed E-state index contributed by atoms with van der Waals surface area (Å²) in [6.45, 7) is 7.80. The molecule has 2 unspecified atom stereocenters. The van der Waals surface area contributed by atoms with E-state index in [-0.39, 0.29) is 17.9 Å². The summed E-state index contributed by atoms with van der Waals surface area (Å²) in [5.41, 5.74) is 0. The van der Waals surface area contributed by atoms with Gasteiger partial charge in [-0.1, -0.05) is 27.2 Å². The van der Waals surface area contributed by atoms with Crippen LogP contribution in [0.15, 0.2) is 0 Å². The number of carboxylic acids is 1. The van der Waals surface area contributed by atoms with Gasteiger partial charge in [-0.25, -0.2) is 0 Å². The molecule has 0 spiro atoms. The van der Waals surface area contributed by atoms with Crippen molar-refractivity contribution in [3.63, 3.8) is 0 Å². The van der Waals surface area contributed by atoms with Crippen molar-refractivity contribution >= 4 is 23.6 Å². The number of amides is 1. The molecule has 0 saturated heterocycles. The lowest BCUT2D eigenvalue weighted by Crippen LogP contribution is -2.34. The Morgan fingerprint density at radius 2 is 1.78 bits per heavy atom. The van der Waals surface area contributed by atoms with Gasteiger partial charge in [-0.2, -0.15) is 0 Å². The van der Waals surface area contributed by atoms with Crippen LogP contribution >= 0.6 is 11.8 Å². The molecule has 0 aromatic heterocycles. The average Bonchev–Trinajstić information content (AvgIpc) is 2.25. The molecule has 0 heterocycles. The Morgan fingerprint density at radius 1 is 1.17 bits per heavy atom. The van der Waals surface area contributed by atoms with E-state index in [2.05, 4.69) is 19.2 Å². The van der Waals surface area contributed by atoms with Gasteiger partial charge >= 0.3 is 5.97 Å². The molecule has 0 aliphatic heterocycles. The molecule has 0 saturated carbocycles. The summed E-state index contributed by atoms with van der Waals surface area (Å²) in [6.07, 6.45) is 2.32. The Labute approximate surface area is 114 Å². The second-order valence-electron chi connectivity index (χ2n) is 5.00. The number of rotatable bonds is 9. The van der Waals surface area contributed by atoms with Gasteiger partial charge < -0.3 is 10.4 Å². The van der Waals surface area contributed by atoms with E-state index in [1.165, 1.54) is 0 Å². The Kier molecular flexibility index (Phi) is 8.89. The monoisotopic (exact) mass is 275 g/mol. The van der Waals surface area contributed by atoms with E-state index < -0.39 is 5.97 Å². The lowest BCUT2D eigenvalue weighted by Gasteiger charge is -2.15. The van der Waals surface area contributed by atoms with E-state index in [1.54, 1.807) is 18.7 Å². The molecule has 5 heteroatoms. The van der Waals surface area contributed by atoms with Crippen LogP contribution in [0.1, 0.15) is 47.0 Å². The lowest BCUT2D eigenvalue weighted by molar-refractivity contribution is -0.141. The first-order valence-corrected chi connectivity index (χ1v) is 7.51. The summed E-state index contributed by atoms with van der Waals surface area (Å²) in [4.78, 5) is 22.2. The summed E-state index contributed by atoms with van der Waals surface area (Å²) in [7, 11) is 0. The van der Waals surface area contributed by atoms with Crippen LogP contribution in [0, 0.1) is 5.92 Å². The fourth-order valence-electron chi connectivity index (χ4n) is 1.48. The van der Waals surface area contributed by atoms with E-state index in [0.29, 0.717) is 17.4 Å². The highest BCUT2D eigenvalue weighted by atomic mass is 32.2. The van der Waals surface area contributed by atoms with E-state index in [9.17, 15) is 9.59 Å². The minimum absolute atomic E-state index is 0.0625. The van der Waals surface area contributed by atoms with E-state index in [1.807, 2.05) is 6.92 Å². The van der Waals surface area contributed by atoms with E-state index in [0.717, 1.165) is 12.8 Å². The van der Waals surface area contributed by atoms with Crippen molar-refractivity contribution in [1.82, 2.24) is 5.32 Å². The molecule has 0 aliphatic rings. The van der Waals surface area contributed by atoms with Crippen LogP contribution in [0.4, 0.5) is 0 Å². The van der Waals surface area contributed by atoms with Crippen LogP contribution in [-0.4, -0.2) is 34.0 Å².